The first kappa shape index (κ1) is 16.1. The van der Waals surface area contributed by atoms with E-state index in [1.807, 2.05) is 13.8 Å². The quantitative estimate of drug-likeness (QED) is 0.834. The van der Waals surface area contributed by atoms with Crippen LogP contribution in [-0.2, 0) is 16.4 Å². The molecular formula is C14H23NO3S. The highest BCUT2D eigenvalue weighted by Crippen LogP contribution is 2.20. The van der Waals surface area contributed by atoms with Gasteiger partial charge < -0.3 is 5.11 Å². The first-order chi connectivity index (χ1) is 8.97. The zero-order chi connectivity index (χ0) is 14.5. The van der Waals surface area contributed by atoms with Crippen LogP contribution in [0.25, 0.3) is 0 Å². The molecule has 1 N–H and O–H groups in total. The highest BCUT2D eigenvalue weighted by molar-refractivity contribution is 7.89. The van der Waals surface area contributed by atoms with Gasteiger partial charge in [-0.05, 0) is 37.0 Å². The van der Waals surface area contributed by atoms with Crippen molar-refractivity contribution in [3.05, 3.63) is 29.8 Å². The van der Waals surface area contributed by atoms with Crippen molar-refractivity contribution >= 4 is 10.0 Å². The third-order valence-electron chi connectivity index (χ3n) is 3.46. The number of nitrogens with zero attached hydrogens (tertiary/aromatic N) is 1. The Bertz CT molecular complexity index is 478. The number of hydrogen-bond acceptors (Lipinski definition) is 3. The van der Waals surface area contributed by atoms with E-state index in [9.17, 15) is 8.42 Å². The maximum atomic E-state index is 12.4. The van der Waals surface area contributed by atoms with Gasteiger partial charge in [-0.3, -0.25) is 0 Å². The average Bonchev–Trinajstić information content (AvgIpc) is 2.41. The number of benzene rings is 1. The van der Waals surface area contributed by atoms with E-state index in [1.54, 1.807) is 31.3 Å². The lowest BCUT2D eigenvalue weighted by Crippen LogP contribution is -2.36. The number of sulfonamides is 1. The first-order valence-corrected chi connectivity index (χ1v) is 8.09. The maximum absolute atomic E-state index is 12.4. The molecule has 5 heteroatoms. The minimum atomic E-state index is -3.42. The molecule has 19 heavy (non-hydrogen) atoms. The van der Waals surface area contributed by atoms with Crippen LogP contribution in [0, 0.1) is 0 Å². The lowest BCUT2D eigenvalue weighted by molar-refractivity contribution is 0.299. The van der Waals surface area contributed by atoms with Crippen LogP contribution in [0.3, 0.4) is 0 Å². The molecule has 0 atom stereocenters. The molecule has 0 saturated carbocycles. The molecule has 1 rings (SSSR count). The van der Waals surface area contributed by atoms with Crippen LogP contribution in [0.15, 0.2) is 29.2 Å². The third-order valence-corrected chi connectivity index (χ3v) is 5.38. The Morgan fingerprint density at radius 2 is 1.68 bits per heavy atom. The number of hydrogen-bond donors (Lipinski definition) is 1. The lowest BCUT2D eigenvalue weighted by Gasteiger charge is -2.25. The topological polar surface area (TPSA) is 57.6 Å². The van der Waals surface area contributed by atoms with E-state index in [2.05, 4.69) is 0 Å². The second kappa shape index (κ2) is 7.03. The molecule has 108 valence electrons. The summed E-state index contributed by atoms with van der Waals surface area (Å²) in [5.74, 6) is 0. The summed E-state index contributed by atoms with van der Waals surface area (Å²) in [6.07, 6.45) is 2.15. The number of rotatable bonds is 7. The minimum Gasteiger partial charge on any atom is -0.396 e. The van der Waals surface area contributed by atoms with Crippen molar-refractivity contribution in [3.8, 4) is 0 Å². The Kier molecular flexibility index (Phi) is 5.97. The van der Waals surface area contributed by atoms with Crippen molar-refractivity contribution in [2.75, 3.05) is 13.7 Å². The molecule has 1 aromatic carbocycles. The van der Waals surface area contributed by atoms with E-state index in [0.29, 0.717) is 11.3 Å². The highest BCUT2D eigenvalue weighted by atomic mass is 32.2. The predicted octanol–water partition coefficient (Wildman–Crippen LogP) is 2.03. The monoisotopic (exact) mass is 285 g/mol. The van der Waals surface area contributed by atoms with Crippen molar-refractivity contribution < 1.29 is 13.5 Å². The molecule has 0 spiro atoms. The Morgan fingerprint density at radius 1 is 1.16 bits per heavy atom. The van der Waals surface area contributed by atoms with E-state index in [4.69, 9.17) is 5.11 Å². The Hall–Kier alpha value is -0.910. The predicted molar refractivity (Wildman–Crippen MR) is 76.6 cm³/mol. The Morgan fingerprint density at radius 3 is 2.11 bits per heavy atom. The van der Waals surface area contributed by atoms with Crippen molar-refractivity contribution in [1.29, 1.82) is 0 Å². The van der Waals surface area contributed by atoms with Gasteiger partial charge in [0.25, 0.3) is 0 Å². The molecule has 0 heterocycles. The summed E-state index contributed by atoms with van der Waals surface area (Å²) in [5, 5.41) is 8.85. The number of aliphatic hydroxyl groups is 1. The zero-order valence-electron chi connectivity index (χ0n) is 11.8. The minimum absolute atomic E-state index is 0.0297. The second-order valence-electron chi connectivity index (χ2n) is 4.61. The van der Waals surface area contributed by atoms with Gasteiger partial charge in [0.1, 0.15) is 0 Å². The summed E-state index contributed by atoms with van der Waals surface area (Å²) in [6.45, 7) is 4.05. The van der Waals surface area contributed by atoms with E-state index in [-0.39, 0.29) is 12.6 Å². The molecule has 0 unspecified atom stereocenters. The molecule has 0 aliphatic heterocycles. The van der Waals surface area contributed by atoms with Crippen molar-refractivity contribution in [2.45, 2.75) is 44.0 Å². The maximum Gasteiger partial charge on any atom is 0.243 e. The van der Waals surface area contributed by atoms with E-state index in [0.717, 1.165) is 18.4 Å². The normalized spacial score (nSPS) is 12.3. The second-order valence-corrected chi connectivity index (χ2v) is 6.61. The molecule has 0 saturated heterocycles. The van der Waals surface area contributed by atoms with Crippen LogP contribution in [-0.4, -0.2) is 37.5 Å². The molecule has 0 aliphatic rings. The van der Waals surface area contributed by atoms with E-state index >= 15 is 0 Å². The largest absolute Gasteiger partial charge is 0.396 e. The molecule has 0 amide bonds. The van der Waals surface area contributed by atoms with Crippen LogP contribution in [0.2, 0.25) is 0 Å². The van der Waals surface area contributed by atoms with Gasteiger partial charge in [0, 0.05) is 19.7 Å². The fourth-order valence-corrected chi connectivity index (χ4v) is 3.63. The fourth-order valence-electron chi connectivity index (χ4n) is 2.12. The van der Waals surface area contributed by atoms with Crippen LogP contribution in [0.5, 0.6) is 0 Å². The van der Waals surface area contributed by atoms with Gasteiger partial charge in [0.15, 0.2) is 0 Å². The molecule has 4 nitrogen and oxygen atoms in total. The molecule has 0 aromatic heterocycles. The molecule has 0 fully saturated rings. The fraction of sp³-hybridized carbons (Fsp3) is 0.571. The van der Waals surface area contributed by atoms with Gasteiger partial charge in [-0.15, -0.1) is 0 Å². The van der Waals surface area contributed by atoms with Crippen molar-refractivity contribution in [3.63, 3.8) is 0 Å². The number of aliphatic hydroxyl groups excluding tert-OH is 1. The summed E-state index contributed by atoms with van der Waals surface area (Å²) in [6, 6.07) is 6.76. The van der Waals surface area contributed by atoms with Gasteiger partial charge in [0.05, 0.1) is 4.90 Å². The van der Waals surface area contributed by atoms with Gasteiger partial charge in [0.2, 0.25) is 10.0 Å². The Balaban J connectivity index is 2.99. The molecule has 0 aliphatic carbocycles. The van der Waals surface area contributed by atoms with E-state index in [1.165, 1.54) is 4.31 Å². The van der Waals surface area contributed by atoms with Gasteiger partial charge >= 0.3 is 0 Å². The third kappa shape index (κ3) is 3.78. The summed E-state index contributed by atoms with van der Waals surface area (Å²) in [7, 11) is -1.79. The lowest BCUT2D eigenvalue weighted by atomic mass is 10.2. The van der Waals surface area contributed by atoms with Crippen LogP contribution in [0.1, 0.15) is 32.3 Å². The van der Waals surface area contributed by atoms with Crippen molar-refractivity contribution in [1.82, 2.24) is 4.31 Å². The summed E-state index contributed by atoms with van der Waals surface area (Å²) in [4.78, 5) is 0.309. The van der Waals surface area contributed by atoms with Gasteiger partial charge in [-0.2, -0.15) is 4.31 Å². The zero-order valence-corrected chi connectivity index (χ0v) is 12.7. The van der Waals surface area contributed by atoms with Crippen LogP contribution >= 0.6 is 0 Å². The standard InChI is InChI=1S/C14H23NO3S/c1-4-13(5-2)15(3)19(17,18)14-8-6-12(7-9-14)10-11-16/h6-9,13,16H,4-5,10-11H2,1-3H3. The Labute approximate surface area is 116 Å². The summed E-state index contributed by atoms with van der Waals surface area (Å²) >= 11 is 0. The first-order valence-electron chi connectivity index (χ1n) is 6.65. The van der Waals surface area contributed by atoms with Crippen LogP contribution < -0.4 is 0 Å². The molecule has 1 aromatic rings. The van der Waals surface area contributed by atoms with Crippen molar-refractivity contribution in [2.24, 2.45) is 0 Å². The van der Waals surface area contributed by atoms with Gasteiger partial charge in [-0.1, -0.05) is 26.0 Å². The molecule has 0 bridgehead atoms. The van der Waals surface area contributed by atoms with Crippen LogP contribution in [0.4, 0.5) is 0 Å². The highest BCUT2D eigenvalue weighted by Gasteiger charge is 2.25. The average molecular weight is 285 g/mol. The SMILES string of the molecule is CCC(CC)N(C)S(=O)(=O)c1ccc(CCO)cc1. The van der Waals surface area contributed by atoms with Gasteiger partial charge in [-0.25, -0.2) is 8.42 Å². The molecular weight excluding hydrogens is 262 g/mol. The summed E-state index contributed by atoms with van der Waals surface area (Å²) in [5.41, 5.74) is 0.937. The summed E-state index contributed by atoms with van der Waals surface area (Å²) < 4.78 is 26.3. The van der Waals surface area contributed by atoms with E-state index < -0.39 is 10.0 Å². The molecule has 0 radical (unpaired) electrons. The smallest absolute Gasteiger partial charge is 0.243 e.